The molecule has 2 aliphatic heterocycles. The van der Waals surface area contributed by atoms with Crippen LogP contribution in [0.2, 0.25) is 0 Å². The number of benzene rings is 1. The number of halogens is 1. The molecule has 0 unspecified atom stereocenters. The summed E-state index contributed by atoms with van der Waals surface area (Å²) in [6.45, 7) is 5.07. The number of likely N-dealkylation sites (tertiary alicyclic amines) is 1. The Balaban J connectivity index is 1.37. The lowest BCUT2D eigenvalue weighted by Gasteiger charge is -2.26. The monoisotopic (exact) mass is 524 g/mol. The van der Waals surface area contributed by atoms with Crippen LogP contribution in [0.3, 0.4) is 0 Å². The van der Waals surface area contributed by atoms with E-state index in [4.69, 9.17) is 20.9 Å². The second kappa shape index (κ2) is 11.6. The summed E-state index contributed by atoms with van der Waals surface area (Å²) in [5, 5.41) is 0. The highest BCUT2D eigenvalue weighted by atomic mass is 19.1. The Kier molecular flexibility index (Phi) is 7.99. The third-order valence-corrected chi connectivity index (χ3v) is 7.65. The van der Waals surface area contributed by atoms with E-state index in [1.54, 1.807) is 36.0 Å². The third-order valence-electron chi connectivity index (χ3n) is 7.65. The average Bonchev–Trinajstić information content (AvgIpc) is 3.16. The molecule has 1 aromatic carbocycles. The summed E-state index contributed by atoms with van der Waals surface area (Å²) < 4.78 is 29.5. The Labute approximate surface area is 222 Å². The zero-order valence-corrected chi connectivity index (χ0v) is 22.0. The van der Waals surface area contributed by atoms with Crippen LogP contribution in [0, 0.1) is 5.82 Å². The maximum absolute atomic E-state index is 15.1. The molecule has 10 heteroatoms. The molecule has 4 N–H and O–H groups in total. The topological polar surface area (TPSA) is 114 Å². The van der Waals surface area contributed by atoms with E-state index < -0.39 is 5.82 Å². The smallest absolute Gasteiger partial charge is 0.330 e. The molecule has 0 saturated carbocycles. The minimum Gasteiger partial charge on any atom is -0.478 e. The molecule has 3 aromatic rings. The SMILES string of the molecule is Cn1c(N)c(-c2cc(-c3ccc(OCCCN4CCCCC4)nc3)c(F)cc2N)n(C2CCOCC2)c1=O. The van der Waals surface area contributed by atoms with E-state index in [1.165, 1.54) is 43.0 Å². The summed E-state index contributed by atoms with van der Waals surface area (Å²) in [5.41, 5.74) is 14.6. The van der Waals surface area contributed by atoms with Crippen LogP contribution in [-0.2, 0) is 11.8 Å². The molecule has 2 fully saturated rings. The van der Waals surface area contributed by atoms with Crippen molar-refractivity contribution in [1.29, 1.82) is 0 Å². The predicted molar refractivity (Wildman–Crippen MR) is 147 cm³/mol. The van der Waals surface area contributed by atoms with E-state index in [1.807, 2.05) is 0 Å². The second-order valence-corrected chi connectivity index (χ2v) is 10.2. The number of nitrogens with zero attached hydrogens (tertiary/aromatic N) is 4. The fourth-order valence-electron chi connectivity index (χ4n) is 5.48. The molecule has 204 valence electrons. The van der Waals surface area contributed by atoms with Crippen LogP contribution in [0.25, 0.3) is 22.4 Å². The fourth-order valence-corrected chi connectivity index (χ4v) is 5.48. The highest BCUT2D eigenvalue weighted by molar-refractivity contribution is 5.85. The van der Waals surface area contributed by atoms with Crippen molar-refractivity contribution in [3.8, 4) is 28.3 Å². The number of hydrogen-bond acceptors (Lipinski definition) is 7. The zero-order valence-electron chi connectivity index (χ0n) is 22.0. The Morgan fingerprint density at radius 1 is 1.11 bits per heavy atom. The Bertz CT molecular complexity index is 1310. The summed E-state index contributed by atoms with van der Waals surface area (Å²) in [6.07, 6.45) is 7.79. The first-order chi connectivity index (χ1) is 18.4. The highest BCUT2D eigenvalue weighted by Crippen LogP contribution is 2.38. The number of nitrogen functional groups attached to an aromatic ring is 2. The van der Waals surface area contributed by atoms with Crippen molar-refractivity contribution in [2.75, 3.05) is 50.9 Å². The van der Waals surface area contributed by atoms with Crippen LogP contribution in [0.5, 0.6) is 5.88 Å². The van der Waals surface area contributed by atoms with Gasteiger partial charge in [0.15, 0.2) is 0 Å². The van der Waals surface area contributed by atoms with Gasteiger partial charge in [-0.25, -0.2) is 14.2 Å². The molecule has 9 nitrogen and oxygen atoms in total. The summed E-state index contributed by atoms with van der Waals surface area (Å²) in [5.74, 6) is 0.319. The summed E-state index contributed by atoms with van der Waals surface area (Å²) in [4.78, 5) is 20.0. The lowest BCUT2D eigenvalue weighted by molar-refractivity contribution is 0.0690. The van der Waals surface area contributed by atoms with E-state index in [2.05, 4.69) is 9.88 Å². The maximum Gasteiger partial charge on any atom is 0.330 e. The van der Waals surface area contributed by atoms with Crippen molar-refractivity contribution in [3.63, 3.8) is 0 Å². The molecule has 0 spiro atoms. The van der Waals surface area contributed by atoms with Gasteiger partial charge in [0.2, 0.25) is 5.88 Å². The molecule has 2 saturated heterocycles. The largest absolute Gasteiger partial charge is 0.478 e. The van der Waals surface area contributed by atoms with Gasteiger partial charge in [-0.1, -0.05) is 6.42 Å². The van der Waals surface area contributed by atoms with Crippen LogP contribution in [0.4, 0.5) is 15.9 Å². The lowest BCUT2D eigenvalue weighted by Crippen LogP contribution is -2.31. The van der Waals surface area contributed by atoms with Gasteiger partial charge in [0.1, 0.15) is 11.6 Å². The average molecular weight is 525 g/mol. The van der Waals surface area contributed by atoms with Crippen LogP contribution >= 0.6 is 0 Å². The number of ether oxygens (including phenoxy) is 2. The Morgan fingerprint density at radius 3 is 2.58 bits per heavy atom. The van der Waals surface area contributed by atoms with E-state index in [9.17, 15) is 4.79 Å². The summed E-state index contributed by atoms with van der Waals surface area (Å²) in [7, 11) is 1.63. The van der Waals surface area contributed by atoms with Crippen molar-refractivity contribution in [1.82, 2.24) is 19.0 Å². The van der Waals surface area contributed by atoms with Crippen molar-refractivity contribution >= 4 is 11.5 Å². The van der Waals surface area contributed by atoms with Crippen LogP contribution in [-0.4, -0.2) is 58.5 Å². The first kappa shape index (κ1) is 26.2. The van der Waals surface area contributed by atoms with Crippen molar-refractivity contribution < 1.29 is 13.9 Å². The number of pyridine rings is 1. The Morgan fingerprint density at radius 2 is 1.87 bits per heavy atom. The number of imidazole rings is 1. The number of aromatic nitrogens is 3. The van der Waals surface area contributed by atoms with E-state index in [-0.39, 0.29) is 23.2 Å². The van der Waals surface area contributed by atoms with Gasteiger partial charge in [0.25, 0.3) is 0 Å². The molecule has 0 amide bonds. The van der Waals surface area contributed by atoms with Gasteiger partial charge in [-0.2, -0.15) is 0 Å². The number of rotatable bonds is 8. The molecular formula is C28H37FN6O3. The predicted octanol–water partition coefficient (Wildman–Crippen LogP) is 3.83. The minimum atomic E-state index is -0.474. The molecule has 4 heterocycles. The van der Waals surface area contributed by atoms with Crippen molar-refractivity contribution in [3.05, 3.63) is 46.8 Å². The van der Waals surface area contributed by atoms with Crippen LogP contribution in [0.15, 0.2) is 35.3 Å². The van der Waals surface area contributed by atoms with Gasteiger partial charge in [0, 0.05) is 67.5 Å². The van der Waals surface area contributed by atoms with E-state index >= 15 is 4.39 Å². The molecule has 0 atom stereocenters. The summed E-state index contributed by atoms with van der Waals surface area (Å²) in [6, 6.07) is 6.39. The van der Waals surface area contributed by atoms with E-state index in [0.717, 1.165) is 13.0 Å². The minimum absolute atomic E-state index is 0.0735. The van der Waals surface area contributed by atoms with Gasteiger partial charge in [-0.3, -0.25) is 9.13 Å². The number of hydrogen-bond donors (Lipinski definition) is 2. The molecular weight excluding hydrogens is 487 g/mol. The summed E-state index contributed by atoms with van der Waals surface area (Å²) >= 11 is 0. The lowest BCUT2D eigenvalue weighted by atomic mass is 9.99. The Hall–Kier alpha value is -3.37. The number of nitrogens with two attached hydrogens (primary N) is 2. The molecule has 0 bridgehead atoms. The van der Waals surface area contributed by atoms with Crippen LogP contribution in [0.1, 0.15) is 44.6 Å². The van der Waals surface area contributed by atoms with Gasteiger partial charge >= 0.3 is 5.69 Å². The molecule has 5 rings (SSSR count). The molecule has 2 aromatic heterocycles. The first-order valence-electron chi connectivity index (χ1n) is 13.5. The molecule has 0 radical (unpaired) electrons. The number of anilines is 2. The molecule has 2 aliphatic rings. The standard InChI is InChI=1S/C28H37FN6O3/c1-33-27(31)26(35(28(33)36)20-8-14-37-15-9-20)22-16-21(23(29)17-24(22)30)19-6-7-25(32-18-19)38-13-5-12-34-10-3-2-4-11-34/h6-7,16-18,20H,2-5,8-15,30-31H2,1H3. The fraction of sp³-hybridized carbons (Fsp3) is 0.500. The van der Waals surface area contributed by atoms with Gasteiger partial charge < -0.3 is 25.8 Å². The number of piperidine rings is 1. The first-order valence-corrected chi connectivity index (χ1v) is 13.5. The van der Waals surface area contributed by atoms with Gasteiger partial charge in [0.05, 0.1) is 12.3 Å². The van der Waals surface area contributed by atoms with E-state index in [0.29, 0.717) is 60.9 Å². The van der Waals surface area contributed by atoms with Crippen molar-refractivity contribution in [2.24, 2.45) is 7.05 Å². The van der Waals surface area contributed by atoms with Gasteiger partial charge in [-0.15, -0.1) is 0 Å². The van der Waals surface area contributed by atoms with Crippen LogP contribution < -0.4 is 21.9 Å². The highest BCUT2D eigenvalue weighted by Gasteiger charge is 2.27. The maximum atomic E-state index is 15.1. The molecule has 38 heavy (non-hydrogen) atoms. The zero-order chi connectivity index (χ0) is 26.6. The van der Waals surface area contributed by atoms with Gasteiger partial charge in [-0.05, 0) is 63.4 Å². The molecule has 0 aliphatic carbocycles. The second-order valence-electron chi connectivity index (χ2n) is 10.2. The quantitative estimate of drug-likeness (QED) is 0.340. The third kappa shape index (κ3) is 5.42. The normalized spacial score (nSPS) is 17.1. The van der Waals surface area contributed by atoms with Crippen molar-refractivity contribution in [2.45, 2.75) is 44.6 Å².